The average Bonchev–Trinajstić information content (AvgIpc) is 3.10. The Labute approximate surface area is 177 Å². The van der Waals surface area contributed by atoms with Crippen LogP contribution >= 0.6 is 0 Å². The zero-order valence-electron chi connectivity index (χ0n) is 17.3. The van der Waals surface area contributed by atoms with Crippen molar-refractivity contribution in [3.63, 3.8) is 0 Å². The molecule has 31 heavy (non-hydrogen) atoms. The fourth-order valence-corrected chi connectivity index (χ4v) is 2.59. The second kappa shape index (κ2) is 9.28. The Balaban J connectivity index is 1.52. The highest BCUT2D eigenvalue weighted by atomic mass is 16.8. The van der Waals surface area contributed by atoms with Crippen molar-refractivity contribution >= 4 is 23.2 Å². The highest BCUT2D eigenvalue weighted by molar-refractivity contribution is 5.80. The number of carbonyl (C=O) groups is 2. The number of alkyl carbamates (subject to hydrolysis) is 1. The SMILES string of the molecule is CC(C)(C)OC(=O)N[C@H](Cc1ccc(OCOn2nnc3ncccc32)cc1)C(=O)O. The summed E-state index contributed by atoms with van der Waals surface area (Å²) in [5.41, 5.74) is 1.05. The van der Waals surface area contributed by atoms with E-state index in [1.54, 1.807) is 63.4 Å². The maximum atomic E-state index is 11.9. The first-order valence-electron chi connectivity index (χ1n) is 9.45. The number of carboxylic acid groups (broad SMARTS) is 1. The minimum atomic E-state index is -1.16. The third kappa shape index (κ3) is 6.29. The first kappa shape index (κ1) is 21.8. The normalized spacial score (nSPS) is 12.2. The zero-order chi connectivity index (χ0) is 22.4. The van der Waals surface area contributed by atoms with Crippen LogP contribution in [0.5, 0.6) is 5.75 Å². The molecule has 3 aromatic rings. The lowest BCUT2D eigenvalue weighted by Gasteiger charge is -2.22. The van der Waals surface area contributed by atoms with Crippen LogP contribution in [-0.4, -0.2) is 55.7 Å². The number of fused-ring (bicyclic) bond motifs is 1. The molecule has 0 bridgehead atoms. The molecule has 0 radical (unpaired) electrons. The van der Waals surface area contributed by atoms with Crippen LogP contribution in [0.2, 0.25) is 0 Å². The van der Waals surface area contributed by atoms with Gasteiger partial charge < -0.3 is 24.7 Å². The summed E-state index contributed by atoms with van der Waals surface area (Å²) in [5, 5.41) is 19.5. The van der Waals surface area contributed by atoms with Gasteiger partial charge in [-0.2, -0.15) is 0 Å². The topological polar surface area (TPSA) is 138 Å². The molecule has 11 heteroatoms. The first-order valence-corrected chi connectivity index (χ1v) is 9.45. The molecule has 2 aromatic heterocycles. The molecule has 1 atom stereocenters. The third-order valence-corrected chi connectivity index (χ3v) is 3.95. The molecule has 3 rings (SSSR count). The zero-order valence-corrected chi connectivity index (χ0v) is 17.3. The Morgan fingerprint density at radius 1 is 1.19 bits per heavy atom. The van der Waals surface area contributed by atoms with E-state index in [9.17, 15) is 14.7 Å². The summed E-state index contributed by atoms with van der Waals surface area (Å²) >= 11 is 0. The summed E-state index contributed by atoms with van der Waals surface area (Å²) in [6.07, 6.45) is 0.911. The summed E-state index contributed by atoms with van der Waals surface area (Å²) in [4.78, 5) is 34.1. The Hall–Kier alpha value is -3.89. The molecular formula is C20H23N5O6. The molecule has 0 unspecified atom stereocenters. The summed E-state index contributed by atoms with van der Waals surface area (Å²) in [5.74, 6) is -0.646. The van der Waals surface area contributed by atoms with Gasteiger partial charge in [0.25, 0.3) is 6.79 Å². The Morgan fingerprint density at radius 2 is 1.94 bits per heavy atom. The highest BCUT2D eigenvalue weighted by Gasteiger charge is 2.24. The number of ether oxygens (including phenoxy) is 2. The molecule has 11 nitrogen and oxygen atoms in total. The second-order valence-corrected chi connectivity index (χ2v) is 7.58. The number of aliphatic carboxylic acids is 1. The number of hydrogen-bond acceptors (Lipinski definition) is 8. The van der Waals surface area contributed by atoms with Gasteiger partial charge in [0.1, 0.15) is 22.9 Å². The summed E-state index contributed by atoms with van der Waals surface area (Å²) in [6.45, 7) is 4.98. The monoisotopic (exact) mass is 429 g/mol. The van der Waals surface area contributed by atoms with Crippen LogP contribution in [0.3, 0.4) is 0 Å². The van der Waals surface area contributed by atoms with Crippen molar-refractivity contribution in [2.75, 3.05) is 6.79 Å². The highest BCUT2D eigenvalue weighted by Crippen LogP contribution is 2.14. The largest absolute Gasteiger partial charge is 0.480 e. The van der Waals surface area contributed by atoms with E-state index in [2.05, 4.69) is 20.6 Å². The van der Waals surface area contributed by atoms with Gasteiger partial charge in [-0.05, 0) is 55.8 Å². The van der Waals surface area contributed by atoms with Crippen LogP contribution in [0.1, 0.15) is 26.3 Å². The van der Waals surface area contributed by atoms with Crippen molar-refractivity contribution in [2.45, 2.75) is 38.8 Å². The van der Waals surface area contributed by atoms with Crippen LogP contribution in [0, 0.1) is 0 Å². The van der Waals surface area contributed by atoms with Gasteiger partial charge in [0.15, 0.2) is 0 Å². The molecule has 0 saturated heterocycles. The number of carbonyl (C=O) groups excluding carboxylic acids is 1. The van der Waals surface area contributed by atoms with E-state index in [1.165, 1.54) is 4.85 Å². The van der Waals surface area contributed by atoms with E-state index >= 15 is 0 Å². The molecule has 164 valence electrons. The van der Waals surface area contributed by atoms with Crippen LogP contribution < -0.4 is 14.9 Å². The summed E-state index contributed by atoms with van der Waals surface area (Å²) in [6, 6.07) is 9.14. The average molecular weight is 429 g/mol. The Bertz CT molecular complexity index is 1040. The number of carboxylic acids is 1. The van der Waals surface area contributed by atoms with Crippen molar-refractivity contribution < 1.29 is 29.0 Å². The van der Waals surface area contributed by atoms with E-state index in [0.717, 1.165) is 0 Å². The fraction of sp³-hybridized carbons (Fsp3) is 0.350. The number of pyridine rings is 1. The van der Waals surface area contributed by atoms with Gasteiger partial charge in [0.05, 0.1) is 0 Å². The van der Waals surface area contributed by atoms with Crippen molar-refractivity contribution in [3.05, 3.63) is 48.2 Å². The number of nitrogens with zero attached hydrogens (tertiary/aromatic N) is 4. The Kier molecular flexibility index (Phi) is 6.53. The van der Waals surface area contributed by atoms with E-state index in [4.69, 9.17) is 14.3 Å². The minimum absolute atomic E-state index is 0.0866. The molecule has 0 saturated carbocycles. The van der Waals surface area contributed by atoms with Gasteiger partial charge in [-0.1, -0.05) is 17.0 Å². The quantitative estimate of drug-likeness (QED) is 0.513. The molecule has 2 heterocycles. The standard InChI is InChI=1S/C20H23N5O6/c1-20(2,3)31-19(28)22-15(18(26)27)11-13-6-8-14(9-7-13)29-12-30-25-16-5-4-10-21-17(16)23-24-25/h4-10,15H,11-12H2,1-3H3,(H,22,28)(H,26,27)/t15-/m1/s1. The van der Waals surface area contributed by atoms with Gasteiger partial charge in [-0.25, -0.2) is 14.6 Å². The van der Waals surface area contributed by atoms with Gasteiger partial charge in [-0.3, -0.25) is 0 Å². The lowest BCUT2D eigenvalue weighted by Crippen LogP contribution is -2.44. The third-order valence-electron chi connectivity index (χ3n) is 3.95. The predicted octanol–water partition coefficient (Wildman–Crippen LogP) is 1.81. The molecule has 0 aliphatic rings. The summed E-state index contributed by atoms with van der Waals surface area (Å²) in [7, 11) is 0. The number of hydrogen-bond donors (Lipinski definition) is 2. The molecule has 0 aliphatic carbocycles. The van der Waals surface area contributed by atoms with Gasteiger partial charge in [0, 0.05) is 12.6 Å². The van der Waals surface area contributed by atoms with Crippen LogP contribution in [-0.2, 0) is 16.0 Å². The fourth-order valence-electron chi connectivity index (χ4n) is 2.59. The van der Waals surface area contributed by atoms with Gasteiger partial charge in [-0.15, -0.1) is 5.10 Å². The van der Waals surface area contributed by atoms with Crippen LogP contribution in [0.25, 0.3) is 11.2 Å². The van der Waals surface area contributed by atoms with E-state index < -0.39 is 23.7 Å². The molecule has 2 N–H and O–H groups in total. The lowest BCUT2D eigenvalue weighted by molar-refractivity contribution is -0.139. The van der Waals surface area contributed by atoms with Crippen molar-refractivity contribution in [1.29, 1.82) is 0 Å². The molecular weight excluding hydrogens is 406 g/mol. The molecule has 1 aromatic carbocycles. The number of benzene rings is 1. The predicted molar refractivity (Wildman–Crippen MR) is 108 cm³/mol. The molecule has 1 amide bonds. The smallest absolute Gasteiger partial charge is 0.408 e. The van der Waals surface area contributed by atoms with Crippen molar-refractivity contribution in [1.82, 2.24) is 25.5 Å². The minimum Gasteiger partial charge on any atom is -0.480 e. The van der Waals surface area contributed by atoms with E-state index in [0.29, 0.717) is 22.5 Å². The van der Waals surface area contributed by atoms with Crippen molar-refractivity contribution in [2.24, 2.45) is 0 Å². The summed E-state index contributed by atoms with van der Waals surface area (Å²) < 4.78 is 10.6. The van der Waals surface area contributed by atoms with Gasteiger partial charge >= 0.3 is 12.1 Å². The molecule has 0 aliphatic heterocycles. The second-order valence-electron chi connectivity index (χ2n) is 7.58. The number of amides is 1. The van der Waals surface area contributed by atoms with Crippen LogP contribution in [0.4, 0.5) is 4.79 Å². The Morgan fingerprint density at radius 3 is 2.61 bits per heavy atom. The molecule has 0 fully saturated rings. The van der Waals surface area contributed by atoms with Crippen molar-refractivity contribution in [3.8, 4) is 5.75 Å². The van der Waals surface area contributed by atoms with Crippen LogP contribution in [0.15, 0.2) is 42.6 Å². The molecule has 0 spiro atoms. The maximum absolute atomic E-state index is 11.9. The van der Waals surface area contributed by atoms with E-state index in [-0.39, 0.29) is 13.2 Å². The number of nitrogens with one attached hydrogen (secondary N) is 1. The van der Waals surface area contributed by atoms with Gasteiger partial charge in [0.2, 0.25) is 5.65 Å². The van der Waals surface area contributed by atoms with E-state index in [1.807, 2.05) is 0 Å². The maximum Gasteiger partial charge on any atom is 0.408 e. The number of rotatable bonds is 8. The number of aromatic nitrogens is 4. The first-order chi connectivity index (χ1) is 14.7. The lowest BCUT2D eigenvalue weighted by atomic mass is 10.1.